The number of carboxylic acid groups (broad SMARTS) is 1. The lowest BCUT2D eigenvalue weighted by Gasteiger charge is -2.40. The lowest BCUT2D eigenvalue weighted by atomic mass is 9.74. The Balaban J connectivity index is 2.15. The predicted octanol–water partition coefficient (Wildman–Crippen LogP) is 2.11. The van der Waals surface area contributed by atoms with E-state index < -0.39 is 6.09 Å². The number of pyridine rings is 1. The van der Waals surface area contributed by atoms with Crippen molar-refractivity contribution in [2.75, 3.05) is 12.3 Å². The highest BCUT2D eigenvalue weighted by molar-refractivity contribution is 5.65. The maximum Gasteiger partial charge on any atom is 0.404 e. The highest BCUT2D eigenvalue weighted by atomic mass is 16.5. The van der Waals surface area contributed by atoms with Gasteiger partial charge in [0.2, 0.25) is 0 Å². The van der Waals surface area contributed by atoms with Gasteiger partial charge in [0.15, 0.2) is 0 Å². The molecule has 1 aliphatic rings. The van der Waals surface area contributed by atoms with E-state index in [1.165, 1.54) is 0 Å². The van der Waals surface area contributed by atoms with E-state index in [1.807, 2.05) is 19.1 Å². The van der Waals surface area contributed by atoms with Crippen molar-refractivity contribution in [3.05, 3.63) is 24.0 Å². The van der Waals surface area contributed by atoms with Gasteiger partial charge in [-0.25, -0.2) is 4.79 Å². The Kier molecular flexibility index (Phi) is 5.77. The Morgan fingerprint density at radius 2 is 2.39 bits per heavy atom. The molecule has 1 heterocycles. The largest absolute Gasteiger partial charge is 0.465 e. The molecule has 7 heteroatoms. The topological polar surface area (TPSA) is 121 Å². The van der Waals surface area contributed by atoms with E-state index in [0.717, 1.165) is 12.0 Å². The highest BCUT2D eigenvalue weighted by Gasteiger charge is 2.38. The Morgan fingerprint density at radius 1 is 1.61 bits per heavy atom. The molecule has 23 heavy (non-hydrogen) atoms. The van der Waals surface area contributed by atoms with Gasteiger partial charge in [-0.3, -0.25) is 4.98 Å². The van der Waals surface area contributed by atoms with Gasteiger partial charge in [0.05, 0.1) is 43.1 Å². The summed E-state index contributed by atoms with van der Waals surface area (Å²) in [7, 11) is 0. The van der Waals surface area contributed by atoms with E-state index in [2.05, 4.69) is 10.3 Å². The summed E-state index contributed by atoms with van der Waals surface area (Å²) in [6, 6.07) is 3.60. The second-order valence-electron chi connectivity index (χ2n) is 5.95. The average Bonchev–Trinajstić information content (AvgIpc) is 2.49. The first-order chi connectivity index (χ1) is 11.0. The summed E-state index contributed by atoms with van der Waals surface area (Å²) in [5, 5.41) is 20.3. The molecule has 1 aromatic rings. The molecule has 0 radical (unpaired) electrons. The third-order valence-electron chi connectivity index (χ3n) is 4.31. The SMILES string of the molecule is C[C@H]1C[C@H](c2ccncc2N)C[C@@H](NC(=O)O)[C@@H]1OCCC#N. The second-order valence-corrected chi connectivity index (χ2v) is 5.95. The molecule has 2 rings (SSSR count). The fourth-order valence-electron chi connectivity index (χ4n) is 3.38. The molecule has 0 bridgehead atoms. The Bertz CT molecular complexity index is 587. The quantitative estimate of drug-likeness (QED) is 0.715. The maximum atomic E-state index is 11.1. The standard InChI is InChI=1S/C16H22N4O3/c1-10-7-11(12-3-5-19-9-13(12)18)8-14(20-16(21)22)15(10)23-6-2-4-17/h3,5,9-11,14-15,20H,2,6-8,18H2,1H3,(H,21,22)/t10-,11-,14+,15+/m0/s1. The number of nitrogens with two attached hydrogens (primary N) is 1. The van der Waals surface area contributed by atoms with Crippen LogP contribution in [-0.2, 0) is 4.74 Å². The number of ether oxygens (including phenoxy) is 1. The van der Waals surface area contributed by atoms with Gasteiger partial charge in [-0.15, -0.1) is 0 Å². The number of hydrogen-bond acceptors (Lipinski definition) is 5. The van der Waals surface area contributed by atoms with Gasteiger partial charge in [-0.05, 0) is 36.3 Å². The molecule has 0 aliphatic heterocycles. The van der Waals surface area contributed by atoms with Crippen LogP contribution in [0.4, 0.5) is 10.5 Å². The summed E-state index contributed by atoms with van der Waals surface area (Å²) in [5.41, 5.74) is 7.64. The van der Waals surface area contributed by atoms with Crippen molar-refractivity contribution >= 4 is 11.8 Å². The van der Waals surface area contributed by atoms with Crippen LogP contribution in [0, 0.1) is 17.2 Å². The minimum atomic E-state index is -1.07. The summed E-state index contributed by atoms with van der Waals surface area (Å²) in [4.78, 5) is 15.1. The predicted molar refractivity (Wildman–Crippen MR) is 84.7 cm³/mol. The summed E-state index contributed by atoms with van der Waals surface area (Å²) in [6.45, 7) is 2.35. The van der Waals surface area contributed by atoms with Crippen LogP contribution in [0.2, 0.25) is 0 Å². The second kappa shape index (κ2) is 7.79. The van der Waals surface area contributed by atoms with Crippen LogP contribution in [-0.4, -0.2) is 34.9 Å². The molecule has 0 saturated heterocycles. The minimum absolute atomic E-state index is 0.150. The van der Waals surface area contributed by atoms with E-state index in [0.29, 0.717) is 25.1 Å². The van der Waals surface area contributed by atoms with Gasteiger partial charge in [0.1, 0.15) is 0 Å². The number of hydrogen-bond donors (Lipinski definition) is 3. The summed E-state index contributed by atoms with van der Waals surface area (Å²) >= 11 is 0. The third kappa shape index (κ3) is 4.33. The first-order valence-electron chi connectivity index (χ1n) is 7.70. The number of nitriles is 1. The normalized spacial score (nSPS) is 27.1. The molecule has 1 aliphatic carbocycles. The van der Waals surface area contributed by atoms with Crippen molar-refractivity contribution in [2.45, 2.75) is 44.2 Å². The van der Waals surface area contributed by atoms with Crippen molar-refractivity contribution in [3.8, 4) is 6.07 Å². The Morgan fingerprint density at radius 3 is 3.04 bits per heavy atom. The molecular formula is C16H22N4O3. The monoisotopic (exact) mass is 318 g/mol. The number of rotatable bonds is 5. The summed E-state index contributed by atoms with van der Waals surface area (Å²) in [5.74, 6) is 0.303. The van der Waals surface area contributed by atoms with Crippen LogP contribution < -0.4 is 11.1 Å². The molecule has 124 valence electrons. The number of aromatic nitrogens is 1. The third-order valence-corrected chi connectivity index (χ3v) is 4.31. The molecule has 0 aromatic carbocycles. The molecule has 7 nitrogen and oxygen atoms in total. The zero-order chi connectivity index (χ0) is 16.8. The molecule has 1 saturated carbocycles. The van der Waals surface area contributed by atoms with Crippen LogP contribution in [0.25, 0.3) is 0 Å². The Hall–Kier alpha value is -2.33. The molecule has 1 fully saturated rings. The van der Waals surface area contributed by atoms with Crippen LogP contribution in [0.1, 0.15) is 37.7 Å². The van der Waals surface area contributed by atoms with Crippen LogP contribution in [0.5, 0.6) is 0 Å². The number of carbonyl (C=O) groups is 1. The van der Waals surface area contributed by atoms with Crippen LogP contribution in [0.3, 0.4) is 0 Å². The molecule has 1 amide bonds. The lowest BCUT2D eigenvalue weighted by molar-refractivity contribution is -0.0280. The zero-order valence-electron chi connectivity index (χ0n) is 13.1. The number of amides is 1. The van der Waals surface area contributed by atoms with Crippen LogP contribution >= 0.6 is 0 Å². The van der Waals surface area contributed by atoms with Gasteiger partial charge >= 0.3 is 6.09 Å². The zero-order valence-corrected chi connectivity index (χ0v) is 13.1. The number of anilines is 1. The summed E-state index contributed by atoms with van der Waals surface area (Å²) in [6.07, 6.45) is 3.77. The fraction of sp³-hybridized carbons (Fsp3) is 0.562. The van der Waals surface area contributed by atoms with Gasteiger partial charge in [0.25, 0.3) is 0 Å². The number of nitrogen functional groups attached to an aromatic ring is 1. The summed E-state index contributed by atoms with van der Waals surface area (Å²) < 4.78 is 5.77. The molecule has 0 spiro atoms. The number of nitrogens with zero attached hydrogens (tertiary/aromatic N) is 2. The maximum absolute atomic E-state index is 11.1. The Labute approximate surface area is 135 Å². The number of nitrogens with one attached hydrogen (secondary N) is 1. The van der Waals surface area contributed by atoms with E-state index in [-0.39, 0.29) is 24.0 Å². The molecular weight excluding hydrogens is 296 g/mol. The van der Waals surface area contributed by atoms with Gasteiger partial charge in [-0.2, -0.15) is 5.26 Å². The van der Waals surface area contributed by atoms with Gasteiger partial charge in [0, 0.05) is 6.20 Å². The average molecular weight is 318 g/mol. The van der Waals surface area contributed by atoms with E-state index in [4.69, 9.17) is 20.8 Å². The van der Waals surface area contributed by atoms with Crippen molar-refractivity contribution in [1.82, 2.24) is 10.3 Å². The highest BCUT2D eigenvalue weighted by Crippen LogP contribution is 2.39. The van der Waals surface area contributed by atoms with Crippen molar-refractivity contribution in [1.29, 1.82) is 5.26 Å². The molecule has 0 unspecified atom stereocenters. The smallest absolute Gasteiger partial charge is 0.404 e. The van der Waals surface area contributed by atoms with E-state index >= 15 is 0 Å². The molecule has 4 atom stereocenters. The van der Waals surface area contributed by atoms with Gasteiger partial charge < -0.3 is 20.9 Å². The van der Waals surface area contributed by atoms with Crippen molar-refractivity contribution in [2.24, 2.45) is 5.92 Å². The molecule has 1 aromatic heterocycles. The molecule has 4 N–H and O–H groups in total. The lowest BCUT2D eigenvalue weighted by Crippen LogP contribution is -2.51. The van der Waals surface area contributed by atoms with E-state index in [9.17, 15) is 4.79 Å². The van der Waals surface area contributed by atoms with E-state index in [1.54, 1.807) is 12.4 Å². The minimum Gasteiger partial charge on any atom is -0.465 e. The van der Waals surface area contributed by atoms with Crippen LogP contribution in [0.15, 0.2) is 18.5 Å². The van der Waals surface area contributed by atoms with Crippen molar-refractivity contribution in [3.63, 3.8) is 0 Å². The van der Waals surface area contributed by atoms with Gasteiger partial charge in [-0.1, -0.05) is 6.92 Å². The first kappa shape index (κ1) is 17.0. The first-order valence-corrected chi connectivity index (χ1v) is 7.70. The van der Waals surface area contributed by atoms with Crippen molar-refractivity contribution < 1.29 is 14.6 Å². The fourth-order valence-corrected chi connectivity index (χ4v) is 3.38.